The number of carbonyl (C=O) groups excluding carboxylic acids is 1. The molecule has 6 nitrogen and oxygen atoms in total. The third-order valence-corrected chi connectivity index (χ3v) is 5.48. The van der Waals surface area contributed by atoms with Crippen LogP contribution in [0.25, 0.3) is 0 Å². The molecule has 7 heteroatoms. The van der Waals surface area contributed by atoms with Crippen LogP contribution in [0.1, 0.15) is 17.9 Å². The summed E-state index contributed by atoms with van der Waals surface area (Å²) < 4.78 is 32.1. The van der Waals surface area contributed by atoms with Gasteiger partial charge in [-0.3, -0.25) is 4.79 Å². The molecule has 1 unspecified atom stereocenters. The Morgan fingerprint density at radius 1 is 1.12 bits per heavy atom. The molecule has 1 aliphatic rings. The Morgan fingerprint density at radius 2 is 1.83 bits per heavy atom. The number of benzene rings is 2. The van der Waals surface area contributed by atoms with Crippen molar-refractivity contribution in [1.82, 2.24) is 4.72 Å². The summed E-state index contributed by atoms with van der Waals surface area (Å²) in [5.74, 6) is 0.160. The van der Waals surface area contributed by atoms with Gasteiger partial charge in [-0.25, -0.2) is 13.1 Å². The topological polar surface area (TPSA) is 84.5 Å². The number of fused-ring (bicyclic) bond motifs is 1. The van der Waals surface area contributed by atoms with Crippen molar-refractivity contribution >= 4 is 21.6 Å². The van der Waals surface area contributed by atoms with Crippen molar-refractivity contribution in [3.05, 3.63) is 54.1 Å². The predicted octanol–water partition coefficient (Wildman–Crippen LogP) is 2.10. The van der Waals surface area contributed by atoms with E-state index in [1.54, 1.807) is 12.1 Å². The molecule has 2 N–H and O–H groups in total. The van der Waals surface area contributed by atoms with Gasteiger partial charge in [0.15, 0.2) is 0 Å². The summed E-state index contributed by atoms with van der Waals surface area (Å²) in [6.07, 6.45) is 0.401. The first kappa shape index (κ1) is 16.5. The summed E-state index contributed by atoms with van der Waals surface area (Å²) >= 11 is 0. The quantitative estimate of drug-likeness (QED) is 0.839. The van der Waals surface area contributed by atoms with Crippen LogP contribution in [-0.4, -0.2) is 28.0 Å². The number of sulfonamides is 1. The normalized spacial score (nSPS) is 16.5. The number of amides is 1. The molecule has 1 heterocycles. The average Bonchev–Trinajstić information content (AvgIpc) is 2.90. The smallest absolute Gasteiger partial charge is 0.240 e. The number of para-hydroxylation sites is 1. The Bertz CT molecular complexity index is 847. The maximum Gasteiger partial charge on any atom is 0.240 e. The van der Waals surface area contributed by atoms with Gasteiger partial charge < -0.3 is 10.1 Å². The third-order valence-electron chi connectivity index (χ3n) is 4.01. The summed E-state index contributed by atoms with van der Waals surface area (Å²) in [6, 6.07) is 13.6. The van der Waals surface area contributed by atoms with Gasteiger partial charge in [0.1, 0.15) is 5.75 Å². The molecule has 1 aliphatic heterocycles. The Kier molecular flexibility index (Phi) is 4.55. The number of carbonyl (C=O) groups is 1. The van der Waals surface area contributed by atoms with E-state index in [-0.39, 0.29) is 23.3 Å². The third kappa shape index (κ3) is 3.27. The van der Waals surface area contributed by atoms with E-state index in [0.29, 0.717) is 12.2 Å². The molecular formula is C17H18N2O4S. The molecule has 0 bridgehead atoms. The summed E-state index contributed by atoms with van der Waals surface area (Å²) in [5, 5.41) is 2.81. The Balaban J connectivity index is 1.64. The monoisotopic (exact) mass is 346 g/mol. The Hall–Kier alpha value is -2.38. The van der Waals surface area contributed by atoms with Crippen molar-refractivity contribution in [3.8, 4) is 5.75 Å². The average molecular weight is 346 g/mol. The molecule has 2 aromatic carbocycles. The standard InChI is InChI=1S/C17H18N2O4S/c1-23-12-6-8-13(9-7-12)24(21,22)18-11-10-15-14-4-2-3-5-16(14)19-17(15)20/h2-9,15,18H,10-11H2,1H3,(H,19,20). The van der Waals surface area contributed by atoms with E-state index in [1.165, 1.54) is 19.2 Å². The fourth-order valence-corrected chi connectivity index (χ4v) is 3.79. The van der Waals surface area contributed by atoms with Crippen LogP contribution in [0.3, 0.4) is 0 Å². The predicted molar refractivity (Wildman–Crippen MR) is 90.6 cm³/mol. The van der Waals surface area contributed by atoms with Gasteiger partial charge in [-0.15, -0.1) is 0 Å². The van der Waals surface area contributed by atoms with Crippen molar-refractivity contribution in [2.75, 3.05) is 19.0 Å². The lowest BCUT2D eigenvalue weighted by Gasteiger charge is -2.11. The number of methoxy groups -OCH3 is 1. The lowest BCUT2D eigenvalue weighted by Crippen LogP contribution is -2.27. The van der Waals surface area contributed by atoms with Gasteiger partial charge in [0.05, 0.1) is 17.9 Å². The molecule has 1 atom stereocenters. The fourth-order valence-electron chi connectivity index (χ4n) is 2.74. The minimum atomic E-state index is -3.61. The van der Waals surface area contributed by atoms with Crippen LogP contribution < -0.4 is 14.8 Å². The van der Waals surface area contributed by atoms with Crippen LogP contribution in [0.5, 0.6) is 5.75 Å². The van der Waals surface area contributed by atoms with Crippen molar-refractivity contribution in [2.45, 2.75) is 17.2 Å². The van der Waals surface area contributed by atoms with E-state index in [2.05, 4.69) is 10.0 Å². The van der Waals surface area contributed by atoms with Gasteiger partial charge in [0.25, 0.3) is 0 Å². The number of ether oxygens (including phenoxy) is 1. The van der Waals surface area contributed by atoms with E-state index in [0.717, 1.165) is 11.3 Å². The van der Waals surface area contributed by atoms with Gasteiger partial charge >= 0.3 is 0 Å². The highest BCUT2D eigenvalue weighted by molar-refractivity contribution is 7.89. The number of hydrogen-bond donors (Lipinski definition) is 2. The molecule has 0 spiro atoms. The number of hydrogen-bond acceptors (Lipinski definition) is 4. The highest BCUT2D eigenvalue weighted by Crippen LogP contribution is 2.34. The minimum Gasteiger partial charge on any atom is -0.497 e. The molecule has 0 aromatic heterocycles. The van der Waals surface area contributed by atoms with E-state index < -0.39 is 10.0 Å². The lowest BCUT2D eigenvalue weighted by molar-refractivity contribution is -0.117. The molecule has 24 heavy (non-hydrogen) atoms. The Labute approximate surface area is 140 Å². The summed E-state index contributed by atoms with van der Waals surface area (Å²) in [7, 11) is -2.09. The highest BCUT2D eigenvalue weighted by Gasteiger charge is 2.29. The molecule has 1 amide bonds. The van der Waals surface area contributed by atoms with E-state index in [4.69, 9.17) is 4.74 Å². The molecule has 0 fully saturated rings. The van der Waals surface area contributed by atoms with Crippen LogP contribution in [-0.2, 0) is 14.8 Å². The summed E-state index contributed by atoms with van der Waals surface area (Å²) in [5.41, 5.74) is 1.71. The van der Waals surface area contributed by atoms with Gasteiger partial charge in [0.2, 0.25) is 15.9 Å². The highest BCUT2D eigenvalue weighted by atomic mass is 32.2. The van der Waals surface area contributed by atoms with E-state index in [1.807, 2.05) is 24.3 Å². The maximum atomic E-state index is 12.3. The number of nitrogens with one attached hydrogen (secondary N) is 2. The lowest BCUT2D eigenvalue weighted by atomic mass is 9.97. The molecular weight excluding hydrogens is 328 g/mol. The van der Waals surface area contributed by atoms with Crippen molar-refractivity contribution in [1.29, 1.82) is 0 Å². The maximum absolute atomic E-state index is 12.3. The SMILES string of the molecule is COc1ccc(S(=O)(=O)NCCC2C(=O)Nc3ccccc32)cc1. The Morgan fingerprint density at radius 3 is 2.54 bits per heavy atom. The fraction of sp³-hybridized carbons (Fsp3) is 0.235. The van der Waals surface area contributed by atoms with Crippen LogP contribution in [0.2, 0.25) is 0 Å². The largest absolute Gasteiger partial charge is 0.497 e. The molecule has 0 aliphatic carbocycles. The number of rotatable bonds is 6. The second-order valence-electron chi connectivity index (χ2n) is 5.49. The molecule has 0 saturated carbocycles. The molecule has 126 valence electrons. The number of anilines is 1. The van der Waals surface area contributed by atoms with Gasteiger partial charge in [-0.1, -0.05) is 18.2 Å². The molecule has 3 rings (SSSR count). The van der Waals surface area contributed by atoms with Crippen LogP contribution in [0, 0.1) is 0 Å². The summed E-state index contributed by atoms with van der Waals surface area (Å²) in [4.78, 5) is 12.2. The van der Waals surface area contributed by atoms with Crippen molar-refractivity contribution in [2.24, 2.45) is 0 Å². The second-order valence-corrected chi connectivity index (χ2v) is 7.26. The first-order chi connectivity index (χ1) is 11.5. The zero-order valence-electron chi connectivity index (χ0n) is 13.2. The minimum absolute atomic E-state index is 0.0974. The second kappa shape index (κ2) is 6.62. The summed E-state index contributed by atoms with van der Waals surface area (Å²) in [6.45, 7) is 0.181. The van der Waals surface area contributed by atoms with E-state index in [9.17, 15) is 13.2 Å². The van der Waals surface area contributed by atoms with Gasteiger partial charge in [-0.05, 0) is 42.3 Å². The van der Waals surface area contributed by atoms with Gasteiger partial charge in [0, 0.05) is 12.2 Å². The molecule has 2 aromatic rings. The molecule has 0 saturated heterocycles. The van der Waals surface area contributed by atoms with Crippen molar-refractivity contribution in [3.63, 3.8) is 0 Å². The molecule has 0 radical (unpaired) electrons. The van der Waals surface area contributed by atoms with Gasteiger partial charge in [-0.2, -0.15) is 0 Å². The van der Waals surface area contributed by atoms with Crippen LogP contribution in [0.15, 0.2) is 53.4 Å². The first-order valence-corrected chi connectivity index (χ1v) is 9.03. The zero-order valence-corrected chi connectivity index (χ0v) is 14.0. The van der Waals surface area contributed by atoms with Crippen molar-refractivity contribution < 1.29 is 17.9 Å². The first-order valence-electron chi connectivity index (χ1n) is 7.55. The van der Waals surface area contributed by atoms with Crippen LogP contribution >= 0.6 is 0 Å². The zero-order chi connectivity index (χ0) is 17.2. The van der Waals surface area contributed by atoms with E-state index >= 15 is 0 Å². The van der Waals surface area contributed by atoms with Crippen LogP contribution in [0.4, 0.5) is 5.69 Å².